The van der Waals surface area contributed by atoms with Crippen LogP contribution in [0.2, 0.25) is 0 Å². The van der Waals surface area contributed by atoms with Gasteiger partial charge in [0.2, 0.25) is 0 Å². The fraction of sp³-hybridized carbons (Fsp3) is 0.464. The number of benzene rings is 2. The highest BCUT2D eigenvalue weighted by molar-refractivity contribution is 5.91. The number of rotatable bonds is 18. The van der Waals surface area contributed by atoms with Gasteiger partial charge in [-0.05, 0) is 74.2 Å². The molecule has 0 aliphatic rings. The van der Waals surface area contributed by atoms with Gasteiger partial charge < -0.3 is 18.9 Å². The number of ether oxygens (including phenoxy) is 4. The van der Waals surface area contributed by atoms with E-state index in [0.717, 1.165) is 50.2 Å². The largest absolute Gasteiger partial charge is 0.494 e. The Kier molecular flexibility index (Phi) is 13.5. The maximum atomic E-state index is 12.4. The maximum absolute atomic E-state index is 12.4. The van der Waals surface area contributed by atoms with E-state index in [9.17, 15) is 4.79 Å². The molecule has 33 heavy (non-hydrogen) atoms. The molecule has 0 spiro atoms. The van der Waals surface area contributed by atoms with Crippen molar-refractivity contribution in [3.63, 3.8) is 0 Å². The first-order chi connectivity index (χ1) is 16.2. The second-order valence-corrected chi connectivity index (χ2v) is 7.92. The average Bonchev–Trinajstić information content (AvgIpc) is 2.84. The summed E-state index contributed by atoms with van der Waals surface area (Å²) in [4.78, 5) is 12.4. The minimum absolute atomic E-state index is 0.395. The van der Waals surface area contributed by atoms with Crippen LogP contribution in [-0.4, -0.2) is 32.4 Å². The Morgan fingerprint density at radius 3 is 1.82 bits per heavy atom. The van der Waals surface area contributed by atoms with Crippen molar-refractivity contribution in [3.8, 4) is 17.2 Å². The molecule has 5 heteroatoms. The molecule has 0 heterocycles. The second kappa shape index (κ2) is 16.8. The standard InChI is InChI=1S/C28H38O5/c1-3-5-6-10-22-32-26-16-18-27(19-17-26)33-28(29)24-12-14-25(15-13-24)31-23-11-8-7-9-21-30-20-4-2/h4,12-19H,2-3,5-11,20-23H2,1H3. The summed E-state index contributed by atoms with van der Waals surface area (Å²) in [6, 6.07) is 14.2. The molecule has 0 unspecified atom stereocenters. The van der Waals surface area contributed by atoms with Crippen molar-refractivity contribution in [3.05, 3.63) is 66.7 Å². The normalized spacial score (nSPS) is 10.6. The molecule has 2 aromatic carbocycles. The first kappa shape index (κ1) is 26.5. The lowest BCUT2D eigenvalue weighted by atomic mass is 10.2. The SMILES string of the molecule is C=CCOCCCCCCOc1ccc(C(=O)Oc2ccc(OCCCCCC)cc2)cc1. The molecule has 2 rings (SSSR count). The van der Waals surface area contributed by atoms with Gasteiger partial charge in [0.15, 0.2) is 0 Å². The summed E-state index contributed by atoms with van der Waals surface area (Å²) in [7, 11) is 0. The summed E-state index contributed by atoms with van der Waals surface area (Å²) in [6.45, 7) is 8.58. The molecule has 180 valence electrons. The Labute approximate surface area is 198 Å². The van der Waals surface area contributed by atoms with E-state index in [1.165, 1.54) is 19.3 Å². The van der Waals surface area contributed by atoms with Gasteiger partial charge in [-0.25, -0.2) is 4.79 Å². The van der Waals surface area contributed by atoms with Gasteiger partial charge in [-0.2, -0.15) is 0 Å². The quantitative estimate of drug-likeness (QED) is 0.105. The molecule has 2 aromatic rings. The van der Waals surface area contributed by atoms with E-state index in [4.69, 9.17) is 18.9 Å². The molecule has 0 amide bonds. The maximum Gasteiger partial charge on any atom is 0.343 e. The lowest BCUT2D eigenvalue weighted by Crippen LogP contribution is -2.08. The highest BCUT2D eigenvalue weighted by atomic mass is 16.5. The highest BCUT2D eigenvalue weighted by Crippen LogP contribution is 2.20. The Bertz CT molecular complexity index is 783. The molecule has 0 radical (unpaired) electrons. The smallest absolute Gasteiger partial charge is 0.343 e. The third-order valence-electron chi connectivity index (χ3n) is 5.08. The van der Waals surface area contributed by atoms with Crippen molar-refractivity contribution in [2.24, 2.45) is 0 Å². The molecule has 0 aliphatic carbocycles. The Morgan fingerprint density at radius 1 is 0.727 bits per heavy atom. The van der Waals surface area contributed by atoms with Gasteiger partial charge in [-0.15, -0.1) is 6.58 Å². The Morgan fingerprint density at radius 2 is 1.24 bits per heavy atom. The molecule has 0 saturated heterocycles. The summed E-state index contributed by atoms with van der Waals surface area (Å²) >= 11 is 0. The summed E-state index contributed by atoms with van der Waals surface area (Å²) in [5.74, 6) is 1.64. The predicted octanol–water partition coefficient (Wildman–Crippen LogP) is 7.01. The average molecular weight is 455 g/mol. The summed E-state index contributed by atoms with van der Waals surface area (Å²) in [5.41, 5.74) is 0.484. The molecule has 0 aliphatic heterocycles. The lowest BCUT2D eigenvalue weighted by molar-refractivity contribution is 0.0734. The first-order valence-electron chi connectivity index (χ1n) is 12.1. The summed E-state index contributed by atoms with van der Waals surface area (Å²) < 4.78 is 22.3. The van der Waals surface area contributed by atoms with Crippen LogP contribution < -0.4 is 14.2 Å². The van der Waals surface area contributed by atoms with Crippen molar-refractivity contribution >= 4 is 5.97 Å². The van der Waals surface area contributed by atoms with Gasteiger partial charge in [0, 0.05) is 6.61 Å². The minimum Gasteiger partial charge on any atom is -0.494 e. The molecular weight excluding hydrogens is 416 g/mol. The number of hydrogen-bond donors (Lipinski definition) is 0. The molecular formula is C28H38O5. The highest BCUT2D eigenvalue weighted by Gasteiger charge is 2.09. The molecule has 5 nitrogen and oxygen atoms in total. The van der Waals surface area contributed by atoms with Crippen LogP contribution in [0.4, 0.5) is 0 Å². The van der Waals surface area contributed by atoms with Gasteiger partial charge in [0.1, 0.15) is 17.2 Å². The zero-order valence-corrected chi connectivity index (χ0v) is 19.9. The van der Waals surface area contributed by atoms with Crippen LogP contribution in [-0.2, 0) is 4.74 Å². The fourth-order valence-corrected chi connectivity index (χ4v) is 3.19. The zero-order valence-electron chi connectivity index (χ0n) is 19.9. The number of carbonyl (C=O) groups excluding carboxylic acids is 1. The van der Waals surface area contributed by atoms with E-state index >= 15 is 0 Å². The van der Waals surface area contributed by atoms with Crippen molar-refractivity contribution in [2.45, 2.75) is 58.3 Å². The van der Waals surface area contributed by atoms with E-state index in [0.29, 0.717) is 31.1 Å². The summed E-state index contributed by atoms with van der Waals surface area (Å²) in [5, 5.41) is 0. The number of carbonyl (C=O) groups is 1. The van der Waals surface area contributed by atoms with Gasteiger partial charge >= 0.3 is 5.97 Å². The van der Waals surface area contributed by atoms with Crippen LogP contribution in [0.15, 0.2) is 61.2 Å². The summed E-state index contributed by atoms with van der Waals surface area (Å²) in [6.07, 6.45) is 10.7. The van der Waals surface area contributed by atoms with Crippen LogP contribution in [0, 0.1) is 0 Å². The van der Waals surface area contributed by atoms with E-state index in [2.05, 4.69) is 13.5 Å². The van der Waals surface area contributed by atoms with Gasteiger partial charge in [0.05, 0.1) is 25.4 Å². The van der Waals surface area contributed by atoms with E-state index in [1.807, 2.05) is 12.1 Å². The van der Waals surface area contributed by atoms with Crippen LogP contribution >= 0.6 is 0 Å². The lowest BCUT2D eigenvalue weighted by Gasteiger charge is -2.09. The molecule has 0 atom stereocenters. The van der Waals surface area contributed by atoms with Gasteiger partial charge in [-0.3, -0.25) is 0 Å². The van der Waals surface area contributed by atoms with Crippen LogP contribution in [0.5, 0.6) is 17.2 Å². The molecule has 0 fully saturated rings. The minimum atomic E-state index is -0.395. The van der Waals surface area contributed by atoms with Gasteiger partial charge in [0.25, 0.3) is 0 Å². The number of esters is 1. The topological polar surface area (TPSA) is 54.0 Å². The van der Waals surface area contributed by atoms with Crippen molar-refractivity contribution in [1.29, 1.82) is 0 Å². The van der Waals surface area contributed by atoms with Crippen LogP contribution in [0.25, 0.3) is 0 Å². The van der Waals surface area contributed by atoms with Crippen LogP contribution in [0.1, 0.15) is 68.6 Å². The van der Waals surface area contributed by atoms with E-state index in [-0.39, 0.29) is 0 Å². The third kappa shape index (κ3) is 11.6. The number of unbranched alkanes of at least 4 members (excludes halogenated alkanes) is 6. The third-order valence-corrected chi connectivity index (χ3v) is 5.08. The van der Waals surface area contributed by atoms with E-state index in [1.54, 1.807) is 42.5 Å². The van der Waals surface area contributed by atoms with E-state index < -0.39 is 5.97 Å². The van der Waals surface area contributed by atoms with Crippen LogP contribution in [0.3, 0.4) is 0 Å². The Hall–Kier alpha value is -2.79. The Balaban J connectivity index is 1.64. The molecule has 0 aromatic heterocycles. The monoisotopic (exact) mass is 454 g/mol. The second-order valence-electron chi connectivity index (χ2n) is 7.92. The van der Waals surface area contributed by atoms with Crippen molar-refractivity contribution in [2.75, 3.05) is 26.4 Å². The van der Waals surface area contributed by atoms with Gasteiger partial charge in [-0.1, -0.05) is 38.7 Å². The molecule has 0 bridgehead atoms. The number of hydrogen-bond acceptors (Lipinski definition) is 5. The molecule has 0 N–H and O–H groups in total. The van der Waals surface area contributed by atoms with Crippen molar-refractivity contribution in [1.82, 2.24) is 0 Å². The predicted molar refractivity (Wildman–Crippen MR) is 132 cm³/mol. The zero-order chi connectivity index (χ0) is 23.6. The van der Waals surface area contributed by atoms with Crippen molar-refractivity contribution < 1.29 is 23.7 Å². The first-order valence-corrected chi connectivity index (χ1v) is 12.1. The molecule has 0 saturated carbocycles. The fourth-order valence-electron chi connectivity index (χ4n) is 3.19.